The van der Waals surface area contributed by atoms with E-state index in [1.165, 1.54) is 0 Å². The number of hydrogen-bond acceptors (Lipinski definition) is 3. The highest BCUT2D eigenvalue weighted by molar-refractivity contribution is 7.09. The minimum Gasteiger partial charge on any atom is -0.506 e. The monoisotopic (exact) mass is 171 g/mol. The molecule has 1 unspecified atom stereocenters. The summed E-state index contributed by atoms with van der Waals surface area (Å²) in [4.78, 5) is 3.96. The van der Waals surface area contributed by atoms with Gasteiger partial charge in [0.15, 0.2) is 0 Å². The minimum absolute atomic E-state index is 0.213. The van der Waals surface area contributed by atoms with Crippen molar-refractivity contribution in [2.75, 3.05) is 0 Å². The Balaban J connectivity index is 2.86. The first-order valence-electron chi connectivity index (χ1n) is 3.20. The molecule has 1 N–H and O–H groups in total. The Morgan fingerprint density at radius 3 is 3.00 bits per heavy atom. The fourth-order valence-corrected chi connectivity index (χ4v) is 0.931. The van der Waals surface area contributed by atoms with E-state index in [0.717, 1.165) is 5.56 Å². The lowest BCUT2D eigenvalue weighted by atomic mass is 10.2. The predicted octanol–water partition coefficient (Wildman–Crippen LogP) is 1.40. The molecule has 0 amide bonds. The molecule has 1 rings (SSSR count). The summed E-state index contributed by atoms with van der Waals surface area (Å²) in [5, 5.41) is 9.20. The van der Waals surface area contributed by atoms with Crippen molar-refractivity contribution in [1.82, 2.24) is 4.98 Å². The topological polar surface area (TPSA) is 42.4 Å². The second-order valence-electron chi connectivity index (χ2n) is 2.26. The van der Waals surface area contributed by atoms with E-state index in [9.17, 15) is 5.11 Å². The molecule has 0 fully saturated rings. The molecule has 4 heteroatoms. The Bertz CT molecular complexity index is 252. The van der Waals surface area contributed by atoms with Crippen molar-refractivity contribution in [3.05, 3.63) is 23.5 Å². The predicted molar refractivity (Wildman–Crippen MR) is 45.1 cm³/mol. The number of aryl methyl sites for hydroxylation is 1. The van der Waals surface area contributed by atoms with Gasteiger partial charge in [-0.25, -0.2) is 0 Å². The number of aromatic hydroxyl groups is 1. The molecule has 0 bridgehead atoms. The Hall–Kier alpha value is -0.660. The largest absolute Gasteiger partial charge is 0.506 e. The van der Waals surface area contributed by atoms with E-state index in [1.807, 2.05) is 0 Å². The molecule has 0 aliphatic rings. The van der Waals surface area contributed by atoms with E-state index in [2.05, 4.69) is 14.5 Å². The lowest BCUT2D eigenvalue weighted by molar-refractivity contribution is 0.359. The van der Waals surface area contributed by atoms with E-state index in [-0.39, 0.29) is 5.75 Å². The average molecular weight is 171 g/mol. The molecule has 1 heterocycles. The lowest BCUT2D eigenvalue weighted by Crippen LogP contribution is -1.88. The second-order valence-corrected chi connectivity index (χ2v) is 2.59. The standard InChI is InChI=1S/C7H10NO2P/c1-5-7(9)2-6(3-8-5)4-10-11/h2-3,9H,4,11H2,1H3. The van der Waals surface area contributed by atoms with E-state index in [1.54, 1.807) is 19.2 Å². The normalized spacial score (nSPS) is 10.0. The highest BCUT2D eigenvalue weighted by atomic mass is 31.0. The molecule has 1 atom stereocenters. The summed E-state index contributed by atoms with van der Waals surface area (Å²) in [5.41, 5.74) is 1.50. The van der Waals surface area contributed by atoms with Gasteiger partial charge in [-0.3, -0.25) is 4.98 Å². The molecule has 3 nitrogen and oxygen atoms in total. The molecule has 0 aromatic carbocycles. The second kappa shape index (κ2) is 3.65. The van der Waals surface area contributed by atoms with Crippen LogP contribution in [0.15, 0.2) is 12.3 Å². The van der Waals surface area contributed by atoms with Crippen molar-refractivity contribution in [3.63, 3.8) is 0 Å². The van der Waals surface area contributed by atoms with Crippen LogP contribution in [0.3, 0.4) is 0 Å². The number of pyridine rings is 1. The van der Waals surface area contributed by atoms with Gasteiger partial charge in [-0.2, -0.15) is 0 Å². The van der Waals surface area contributed by atoms with Crippen molar-refractivity contribution >= 4 is 9.47 Å². The van der Waals surface area contributed by atoms with Crippen LogP contribution >= 0.6 is 9.47 Å². The summed E-state index contributed by atoms with van der Waals surface area (Å²) in [6, 6.07) is 1.65. The zero-order chi connectivity index (χ0) is 8.27. The van der Waals surface area contributed by atoms with E-state index < -0.39 is 0 Å². The third kappa shape index (κ3) is 2.14. The third-order valence-corrected chi connectivity index (χ3v) is 1.53. The zero-order valence-electron chi connectivity index (χ0n) is 6.24. The van der Waals surface area contributed by atoms with E-state index in [0.29, 0.717) is 12.3 Å². The number of aromatic nitrogens is 1. The molecular weight excluding hydrogens is 161 g/mol. The summed E-state index contributed by atoms with van der Waals surface area (Å²) < 4.78 is 4.79. The third-order valence-electron chi connectivity index (χ3n) is 1.37. The maximum Gasteiger partial charge on any atom is 0.137 e. The van der Waals surface area contributed by atoms with Crippen LogP contribution in [0.4, 0.5) is 0 Å². The summed E-state index contributed by atoms with van der Waals surface area (Å²) in [5.74, 6) is 0.213. The van der Waals surface area contributed by atoms with Gasteiger partial charge in [0.25, 0.3) is 0 Å². The van der Waals surface area contributed by atoms with Gasteiger partial charge in [0.05, 0.1) is 12.3 Å². The summed E-state index contributed by atoms with van der Waals surface area (Å²) in [7, 11) is 2.15. The van der Waals surface area contributed by atoms with Crippen molar-refractivity contribution in [2.45, 2.75) is 13.5 Å². The quantitative estimate of drug-likeness (QED) is 0.684. The van der Waals surface area contributed by atoms with Crippen LogP contribution < -0.4 is 0 Å². The summed E-state index contributed by atoms with van der Waals surface area (Å²) in [6.45, 7) is 2.20. The van der Waals surface area contributed by atoms with Gasteiger partial charge in [0.1, 0.15) is 5.75 Å². The molecule has 0 aliphatic carbocycles. The van der Waals surface area contributed by atoms with Crippen LogP contribution in [0, 0.1) is 6.92 Å². The lowest BCUT2D eigenvalue weighted by Gasteiger charge is -2.00. The van der Waals surface area contributed by atoms with Crippen molar-refractivity contribution in [3.8, 4) is 5.75 Å². The van der Waals surface area contributed by atoms with Gasteiger partial charge >= 0.3 is 0 Å². The van der Waals surface area contributed by atoms with Crippen LogP contribution in [-0.2, 0) is 11.1 Å². The fourth-order valence-electron chi connectivity index (χ4n) is 0.738. The molecule has 0 aliphatic heterocycles. The Labute approximate surface area is 67.7 Å². The van der Waals surface area contributed by atoms with Crippen LogP contribution in [0.5, 0.6) is 5.75 Å². The van der Waals surface area contributed by atoms with Gasteiger partial charge in [-0.15, -0.1) is 0 Å². The molecule has 1 aromatic rings. The molecule has 11 heavy (non-hydrogen) atoms. The SMILES string of the molecule is Cc1ncc(COP)cc1O. The van der Waals surface area contributed by atoms with Gasteiger partial charge in [-0.05, 0) is 13.0 Å². The van der Waals surface area contributed by atoms with Crippen molar-refractivity contribution in [2.24, 2.45) is 0 Å². The first-order valence-corrected chi connectivity index (χ1v) is 3.67. The fraction of sp³-hybridized carbons (Fsp3) is 0.286. The highest BCUT2D eigenvalue weighted by Gasteiger charge is 1.98. The molecule has 1 aromatic heterocycles. The van der Waals surface area contributed by atoms with E-state index >= 15 is 0 Å². The maximum absolute atomic E-state index is 9.20. The van der Waals surface area contributed by atoms with Gasteiger partial charge in [0, 0.05) is 21.2 Å². The van der Waals surface area contributed by atoms with Crippen LogP contribution in [0.2, 0.25) is 0 Å². The van der Waals surface area contributed by atoms with Gasteiger partial charge in [-0.1, -0.05) is 0 Å². The van der Waals surface area contributed by atoms with Crippen molar-refractivity contribution < 1.29 is 9.63 Å². The van der Waals surface area contributed by atoms with Crippen molar-refractivity contribution in [1.29, 1.82) is 0 Å². The first-order chi connectivity index (χ1) is 5.24. The number of hydrogen-bond donors (Lipinski definition) is 1. The smallest absolute Gasteiger partial charge is 0.137 e. The zero-order valence-corrected chi connectivity index (χ0v) is 7.40. The molecule has 0 radical (unpaired) electrons. The highest BCUT2D eigenvalue weighted by Crippen LogP contribution is 2.15. The Morgan fingerprint density at radius 2 is 2.45 bits per heavy atom. The van der Waals surface area contributed by atoms with Gasteiger partial charge < -0.3 is 9.63 Å². The Kier molecular flexibility index (Phi) is 2.80. The molecule has 0 spiro atoms. The average Bonchev–Trinajstić information content (AvgIpc) is 1.98. The van der Waals surface area contributed by atoms with Crippen LogP contribution in [0.25, 0.3) is 0 Å². The van der Waals surface area contributed by atoms with Crippen LogP contribution in [0.1, 0.15) is 11.3 Å². The number of nitrogens with zero attached hydrogens (tertiary/aromatic N) is 1. The summed E-state index contributed by atoms with van der Waals surface area (Å²) >= 11 is 0. The minimum atomic E-state index is 0.213. The Morgan fingerprint density at radius 1 is 1.73 bits per heavy atom. The molecule has 60 valence electrons. The van der Waals surface area contributed by atoms with Crippen LogP contribution in [-0.4, -0.2) is 10.1 Å². The maximum atomic E-state index is 9.20. The molecular formula is C7H10NO2P. The molecule has 0 saturated carbocycles. The van der Waals surface area contributed by atoms with E-state index in [4.69, 9.17) is 4.52 Å². The first kappa shape index (κ1) is 8.44. The molecule has 0 saturated heterocycles. The van der Waals surface area contributed by atoms with Gasteiger partial charge in [0.2, 0.25) is 0 Å². The number of rotatable bonds is 2. The summed E-state index contributed by atoms with van der Waals surface area (Å²) in [6.07, 6.45) is 1.68.